The van der Waals surface area contributed by atoms with Crippen LogP contribution in [-0.4, -0.2) is 16.9 Å². The molecule has 38 valence electrons. The molecule has 0 aromatic rings. The molecule has 0 N–H and O–H groups in total. The maximum absolute atomic E-state index is 10.0. The fourth-order valence-electron chi connectivity index (χ4n) is 0.0830. The van der Waals surface area contributed by atoms with E-state index in [0.717, 1.165) is 0 Å². The predicted octanol–water partition coefficient (Wildman–Crippen LogP) is 0.144. The molecule has 0 rings (SSSR count). The minimum atomic E-state index is -0.343. The fourth-order valence-corrected chi connectivity index (χ4v) is 0.0830. The molecule has 0 saturated carbocycles. The smallest absolute Gasteiger partial charge is 0.173 e. The highest BCUT2D eigenvalue weighted by Gasteiger charge is 1.96. The van der Waals surface area contributed by atoms with E-state index in [4.69, 9.17) is 0 Å². The highest BCUT2D eigenvalue weighted by atomic mass is 32.1. The van der Waals surface area contributed by atoms with Gasteiger partial charge in [0, 0.05) is 6.92 Å². The van der Waals surface area contributed by atoms with Crippen molar-refractivity contribution in [3.8, 4) is 0 Å². The molecule has 0 spiro atoms. The minimum absolute atomic E-state index is 0.139. The predicted molar refractivity (Wildman–Crippen MR) is 29.3 cm³/mol. The summed E-state index contributed by atoms with van der Waals surface area (Å²) < 4.78 is 0. The lowest BCUT2D eigenvalue weighted by Crippen LogP contribution is -2.06. The molecule has 0 radical (unpaired) electrons. The lowest BCUT2D eigenvalue weighted by atomic mass is 10.3. The zero-order valence-corrected chi connectivity index (χ0v) is 4.62. The van der Waals surface area contributed by atoms with E-state index in [9.17, 15) is 9.59 Å². The molecule has 0 aromatic heterocycles. The van der Waals surface area contributed by atoms with Crippen molar-refractivity contribution in [2.24, 2.45) is 0 Å². The first kappa shape index (κ1) is 6.43. The number of Topliss-reactive ketones (excluding diaryl/α,β-unsaturated/α-hetero) is 1. The van der Waals surface area contributed by atoms with Crippen molar-refractivity contribution in [2.75, 3.05) is 0 Å². The summed E-state index contributed by atoms with van der Waals surface area (Å²) in [6.45, 7) is 1.26. The molecular weight excluding hydrogens is 112 g/mol. The van der Waals surface area contributed by atoms with E-state index in [1.54, 1.807) is 0 Å². The van der Waals surface area contributed by atoms with Crippen LogP contribution in [0.4, 0.5) is 0 Å². The van der Waals surface area contributed by atoms with E-state index >= 15 is 0 Å². The maximum atomic E-state index is 10.0. The Morgan fingerprint density at radius 3 is 2.14 bits per heavy atom. The Morgan fingerprint density at radius 1 is 1.71 bits per heavy atom. The molecule has 0 aliphatic heterocycles. The molecular formula is C4H4O2S. The van der Waals surface area contributed by atoms with Gasteiger partial charge in [-0.2, -0.15) is 0 Å². The van der Waals surface area contributed by atoms with Crippen LogP contribution in [0.5, 0.6) is 0 Å². The molecule has 0 atom stereocenters. The van der Waals surface area contributed by atoms with Gasteiger partial charge in [0.05, 0.1) is 0 Å². The zero-order chi connectivity index (χ0) is 5.86. The Kier molecular flexibility index (Phi) is 2.37. The third-order valence-corrected chi connectivity index (χ3v) is 0.838. The average Bonchev–Trinajstić information content (AvgIpc) is 1.65. The number of ketones is 1. The summed E-state index contributed by atoms with van der Waals surface area (Å²) >= 11 is 4.26. The Morgan fingerprint density at radius 2 is 2.14 bits per heavy atom. The normalized spacial score (nSPS) is 7.57. The van der Waals surface area contributed by atoms with Crippen LogP contribution < -0.4 is 0 Å². The number of carbonyl (C=O) groups is 2. The monoisotopic (exact) mass is 116 g/mol. The van der Waals surface area contributed by atoms with Gasteiger partial charge in [-0.25, -0.2) is 0 Å². The molecule has 2 nitrogen and oxygen atoms in total. The van der Waals surface area contributed by atoms with Crippen molar-refractivity contribution in [3.63, 3.8) is 0 Å². The van der Waals surface area contributed by atoms with Crippen molar-refractivity contribution in [3.05, 3.63) is 0 Å². The van der Waals surface area contributed by atoms with Gasteiger partial charge in [-0.15, -0.1) is 0 Å². The first-order valence-corrected chi connectivity index (χ1v) is 2.09. The second-order valence-electron chi connectivity index (χ2n) is 1.04. The summed E-state index contributed by atoms with van der Waals surface area (Å²) in [5, 5.41) is 0. The van der Waals surface area contributed by atoms with E-state index in [-0.39, 0.29) is 10.6 Å². The van der Waals surface area contributed by atoms with Gasteiger partial charge < -0.3 is 0 Å². The van der Waals surface area contributed by atoms with Crippen molar-refractivity contribution in [2.45, 2.75) is 6.92 Å². The Bertz CT molecular complexity index is 117. The van der Waals surface area contributed by atoms with Crippen LogP contribution in [0, 0.1) is 0 Å². The van der Waals surface area contributed by atoms with Crippen molar-refractivity contribution in [1.29, 1.82) is 0 Å². The fraction of sp³-hybridized carbons (Fsp3) is 0.250. The summed E-state index contributed by atoms with van der Waals surface area (Å²) in [6, 6.07) is 0. The second kappa shape index (κ2) is 2.58. The number of carbonyl (C=O) groups excluding carboxylic acids is 2. The Balaban J connectivity index is 3.81. The Labute approximate surface area is 46.5 Å². The van der Waals surface area contributed by atoms with Crippen LogP contribution in [0.1, 0.15) is 6.92 Å². The largest absolute Gasteiger partial charge is 0.297 e. The van der Waals surface area contributed by atoms with Crippen LogP contribution >= 0.6 is 12.2 Å². The number of hydrogen-bond acceptors (Lipinski definition) is 3. The summed E-state index contributed by atoms with van der Waals surface area (Å²) in [5.74, 6) is -0.343. The molecule has 0 bridgehead atoms. The number of hydrogen-bond donors (Lipinski definition) is 0. The summed E-state index contributed by atoms with van der Waals surface area (Å²) in [5.41, 5.74) is 0. The van der Waals surface area contributed by atoms with Crippen LogP contribution in [0.2, 0.25) is 0 Å². The molecule has 0 aliphatic carbocycles. The molecule has 0 aliphatic rings. The van der Waals surface area contributed by atoms with E-state index in [2.05, 4.69) is 12.2 Å². The molecule has 7 heavy (non-hydrogen) atoms. The van der Waals surface area contributed by atoms with Gasteiger partial charge in [0.2, 0.25) is 0 Å². The van der Waals surface area contributed by atoms with Crippen LogP contribution in [0.3, 0.4) is 0 Å². The average molecular weight is 116 g/mol. The van der Waals surface area contributed by atoms with Gasteiger partial charge in [-0.05, 0) is 0 Å². The number of rotatable bonds is 2. The van der Waals surface area contributed by atoms with Gasteiger partial charge in [0.1, 0.15) is 4.86 Å². The third kappa shape index (κ3) is 2.17. The number of aldehydes is 1. The first-order chi connectivity index (χ1) is 3.18. The van der Waals surface area contributed by atoms with Crippen molar-refractivity contribution in [1.82, 2.24) is 0 Å². The molecule has 0 saturated heterocycles. The van der Waals surface area contributed by atoms with E-state index in [1.807, 2.05) is 0 Å². The van der Waals surface area contributed by atoms with Gasteiger partial charge in [0.15, 0.2) is 12.1 Å². The maximum Gasteiger partial charge on any atom is 0.173 e. The van der Waals surface area contributed by atoms with Crippen LogP contribution in [0.25, 0.3) is 0 Å². The zero-order valence-electron chi connectivity index (χ0n) is 3.80. The standard InChI is InChI=1S/C4H4O2S/c1-3(6)4(7)2-5/h2H,1H3. The highest BCUT2D eigenvalue weighted by Crippen LogP contribution is 1.71. The van der Waals surface area contributed by atoms with Crippen molar-refractivity contribution >= 4 is 29.2 Å². The lowest BCUT2D eigenvalue weighted by Gasteiger charge is -1.77. The molecule has 0 unspecified atom stereocenters. The molecule has 0 fully saturated rings. The second-order valence-corrected chi connectivity index (χ2v) is 1.48. The minimum Gasteiger partial charge on any atom is -0.297 e. The van der Waals surface area contributed by atoms with Gasteiger partial charge in [-0.3, -0.25) is 9.59 Å². The third-order valence-electron chi connectivity index (χ3n) is 0.454. The van der Waals surface area contributed by atoms with Crippen LogP contribution in [-0.2, 0) is 9.59 Å². The quantitative estimate of drug-likeness (QED) is 0.292. The lowest BCUT2D eigenvalue weighted by molar-refractivity contribution is -0.112. The van der Waals surface area contributed by atoms with E-state index in [0.29, 0.717) is 6.29 Å². The molecule has 0 amide bonds. The van der Waals surface area contributed by atoms with Gasteiger partial charge >= 0.3 is 0 Å². The number of thiocarbonyl (C=S) groups is 1. The molecule has 0 aromatic carbocycles. The first-order valence-electron chi connectivity index (χ1n) is 1.68. The van der Waals surface area contributed by atoms with Gasteiger partial charge in [-0.1, -0.05) is 12.2 Å². The van der Waals surface area contributed by atoms with Gasteiger partial charge in [0.25, 0.3) is 0 Å². The SMILES string of the molecule is CC(=O)C(=S)C=O. The molecule has 0 heterocycles. The van der Waals surface area contributed by atoms with Crippen molar-refractivity contribution < 1.29 is 9.59 Å². The Hall–Kier alpha value is -0.570. The summed E-state index contributed by atoms with van der Waals surface area (Å²) in [6.07, 6.45) is 0.373. The topological polar surface area (TPSA) is 34.1 Å². The highest BCUT2D eigenvalue weighted by molar-refractivity contribution is 7.83. The van der Waals surface area contributed by atoms with E-state index in [1.165, 1.54) is 6.92 Å². The summed E-state index contributed by atoms with van der Waals surface area (Å²) in [7, 11) is 0. The van der Waals surface area contributed by atoms with Crippen LogP contribution in [0.15, 0.2) is 0 Å². The summed E-state index contributed by atoms with van der Waals surface area (Å²) in [4.78, 5) is 19.4. The molecule has 3 heteroatoms. The van der Waals surface area contributed by atoms with E-state index < -0.39 is 0 Å².